The van der Waals surface area contributed by atoms with Crippen LogP contribution < -0.4 is 5.56 Å². The van der Waals surface area contributed by atoms with Crippen LogP contribution in [0.4, 0.5) is 0 Å². The minimum atomic E-state index is -0.300. The normalized spacial score (nSPS) is 10.2. The largest absolute Gasteiger partial charge is 0.508 e. The lowest BCUT2D eigenvalue weighted by Crippen LogP contribution is -2.03. The van der Waals surface area contributed by atoms with Crippen LogP contribution >= 0.6 is 0 Å². The number of benzene rings is 1. The quantitative estimate of drug-likeness (QED) is 0.742. The predicted molar refractivity (Wildman–Crippen MR) is 58.9 cm³/mol. The topological polar surface area (TPSA) is 53.1 Å². The van der Waals surface area contributed by atoms with E-state index >= 15 is 0 Å². The maximum absolute atomic E-state index is 11.1. The summed E-state index contributed by atoms with van der Waals surface area (Å²) in [7, 11) is 0. The predicted octanol–water partition coefficient (Wildman–Crippen LogP) is 2.06. The van der Waals surface area contributed by atoms with Gasteiger partial charge in [-0.15, -0.1) is 0 Å². The molecule has 0 spiro atoms. The van der Waals surface area contributed by atoms with Crippen LogP contribution in [0.5, 0.6) is 5.75 Å². The van der Waals surface area contributed by atoms with Gasteiger partial charge in [-0.2, -0.15) is 0 Å². The van der Waals surface area contributed by atoms with E-state index in [-0.39, 0.29) is 11.3 Å². The molecule has 1 heterocycles. The highest BCUT2D eigenvalue weighted by Gasteiger charge is 2.00. The van der Waals surface area contributed by atoms with E-state index in [1.165, 1.54) is 6.07 Å². The summed E-state index contributed by atoms with van der Waals surface area (Å²) in [5, 5.41) is 9.29. The van der Waals surface area contributed by atoms with Gasteiger partial charge in [-0.25, -0.2) is 0 Å². The Hall–Kier alpha value is -2.03. The molecule has 1 aromatic heterocycles. The van der Waals surface area contributed by atoms with Gasteiger partial charge in [0, 0.05) is 12.1 Å². The smallest absolute Gasteiger partial charge is 0.252 e. The standard InChI is InChI=1S/C12H11NO2/c1-8-2-4-9(5-3-8)11-6-10(14)7-12(15)13-11/h2-7H,1H3,(H2,13,14,15). The summed E-state index contributed by atoms with van der Waals surface area (Å²) in [6.45, 7) is 2.00. The molecular weight excluding hydrogens is 190 g/mol. The number of nitrogens with one attached hydrogen (secondary N) is 1. The highest BCUT2D eigenvalue weighted by atomic mass is 16.3. The Bertz CT molecular complexity index is 526. The molecule has 1 aromatic carbocycles. The molecule has 3 heteroatoms. The number of aromatic nitrogens is 1. The van der Waals surface area contributed by atoms with E-state index in [0.29, 0.717) is 5.69 Å². The SMILES string of the molecule is Cc1ccc(-c2cc(O)cc(=O)[nH]2)cc1. The van der Waals surface area contributed by atoms with Gasteiger partial charge in [-0.05, 0) is 12.5 Å². The first-order chi connectivity index (χ1) is 7.15. The van der Waals surface area contributed by atoms with Gasteiger partial charge in [-0.3, -0.25) is 4.79 Å². The van der Waals surface area contributed by atoms with Crippen LogP contribution in [0.25, 0.3) is 11.3 Å². The monoisotopic (exact) mass is 201 g/mol. The summed E-state index contributed by atoms with van der Waals surface area (Å²) in [5.41, 5.74) is 2.36. The molecule has 3 nitrogen and oxygen atoms in total. The third kappa shape index (κ3) is 2.07. The number of rotatable bonds is 1. The number of H-pyrrole nitrogens is 1. The number of pyridine rings is 1. The van der Waals surface area contributed by atoms with Gasteiger partial charge >= 0.3 is 0 Å². The van der Waals surface area contributed by atoms with Crippen molar-refractivity contribution in [2.24, 2.45) is 0 Å². The Morgan fingerprint density at radius 2 is 1.80 bits per heavy atom. The summed E-state index contributed by atoms with van der Waals surface area (Å²) < 4.78 is 0. The maximum Gasteiger partial charge on any atom is 0.252 e. The lowest BCUT2D eigenvalue weighted by atomic mass is 10.1. The Morgan fingerprint density at radius 3 is 2.40 bits per heavy atom. The Balaban J connectivity index is 2.54. The summed E-state index contributed by atoms with van der Waals surface area (Å²) >= 11 is 0. The average Bonchev–Trinajstić information content (AvgIpc) is 2.17. The van der Waals surface area contributed by atoms with Crippen molar-refractivity contribution in [3.8, 4) is 17.0 Å². The average molecular weight is 201 g/mol. The number of aromatic amines is 1. The zero-order chi connectivity index (χ0) is 10.8. The van der Waals surface area contributed by atoms with Crippen molar-refractivity contribution < 1.29 is 5.11 Å². The first-order valence-electron chi connectivity index (χ1n) is 4.65. The van der Waals surface area contributed by atoms with E-state index in [9.17, 15) is 9.90 Å². The second kappa shape index (κ2) is 3.61. The van der Waals surface area contributed by atoms with Gasteiger partial charge in [0.2, 0.25) is 0 Å². The van der Waals surface area contributed by atoms with E-state index in [1.54, 1.807) is 0 Å². The molecular formula is C12H11NO2. The molecule has 0 atom stereocenters. The molecule has 0 unspecified atom stereocenters. The van der Waals surface area contributed by atoms with Crippen LogP contribution in [-0.4, -0.2) is 10.1 Å². The van der Waals surface area contributed by atoms with Crippen molar-refractivity contribution in [1.29, 1.82) is 0 Å². The molecule has 0 aliphatic heterocycles. The minimum absolute atomic E-state index is 0.0191. The van der Waals surface area contributed by atoms with Crippen LogP contribution in [0.15, 0.2) is 41.2 Å². The second-order valence-corrected chi connectivity index (χ2v) is 3.48. The fourth-order valence-electron chi connectivity index (χ4n) is 1.42. The van der Waals surface area contributed by atoms with Gasteiger partial charge in [-0.1, -0.05) is 29.8 Å². The highest BCUT2D eigenvalue weighted by Crippen LogP contribution is 2.19. The fraction of sp³-hybridized carbons (Fsp3) is 0.0833. The second-order valence-electron chi connectivity index (χ2n) is 3.48. The van der Waals surface area contributed by atoms with E-state index in [1.807, 2.05) is 31.2 Å². The molecule has 2 aromatic rings. The van der Waals surface area contributed by atoms with Crippen molar-refractivity contribution in [2.45, 2.75) is 6.92 Å². The molecule has 0 aliphatic carbocycles. The van der Waals surface area contributed by atoms with Crippen molar-refractivity contribution >= 4 is 0 Å². The first-order valence-corrected chi connectivity index (χ1v) is 4.65. The van der Waals surface area contributed by atoms with E-state index < -0.39 is 0 Å². The summed E-state index contributed by atoms with van der Waals surface area (Å²) in [5.74, 6) is -0.0191. The van der Waals surface area contributed by atoms with Crippen molar-refractivity contribution in [3.05, 3.63) is 52.3 Å². The third-order valence-corrected chi connectivity index (χ3v) is 2.19. The summed E-state index contributed by atoms with van der Waals surface area (Å²) in [6.07, 6.45) is 0. The number of aromatic hydroxyl groups is 1. The van der Waals surface area contributed by atoms with Gasteiger partial charge in [0.25, 0.3) is 5.56 Å². The summed E-state index contributed by atoms with van der Waals surface area (Å²) in [4.78, 5) is 13.8. The summed E-state index contributed by atoms with van der Waals surface area (Å²) in [6, 6.07) is 10.4. The van der Waals surface area contributed by atoms with Crippen LogP contribution in [0.3, 0.4) is 0 Å². The van der Waals surface area contributed by atoms with Crippen LogP contribution in [0.1, 0.15) is 5.56 Å². The van der Waals surface area contributed by atoms with Gasteiger partial charge in [0.05, 0.1) is 5.69 Å². The van der Waals surface area contributed by atoms with Crippen LogP contribution in [0.2, 0.25) is 0 Å². The molecule has 15 heavy (non-hydrogen) atoms. The number of hydrogen-bond donors (Lipinski definition) is 2. The Morgan fingerprint density at radius 1 is 1.13 bits per heavy atom. The molecule has 0 saturated heterocycles. The molecule has 76 valence electrons. The van der Waals surface area contributed by atoms with Crippen molar-refractivity contribution in [1.82, 2.24) is 4.98 Å². The van der Waals surface area contributed by atoms with E-state index in [4.69, 9.17) is 0 Å². The highest BCUT2D eigenvalue weighted by molar-refractivity contribution is 5.60. The number of aryl methyl sites for hydroxylation is 1. The third-order valence-electron chi connectivity index (χ3n) is 2.19. The maximum atomic E-state index is 11.1. The molecule has 0 fully saturated rings. The van der Waals surface area contributed by atoms with Crippen LogP contribution in [-0.2, 0) is 0 Å². The van der Waals surface area contributed by atoms with Crippen LogP contribution in [0, 0.1) is 6.92 Å². The molecule has 0 radical (unpaired) electrons. The van der Waals surface area contributed by atoms with Crippen molar-refractivity contribution in [2.75, 3.05) is 0 Å². The van der Waals surface area contributed by atoms with Crippen molar-refractivity contribution in [3.63, 3.8) is 0 Å². The van der Waals surface area contributed by atoms with Gasteiger partial charge < -0.3 is 10.1 Å². The van der Waals surface area contributed by atoms with Gasteiger partial charge in [0.15, 0.2) is 0 Å². The Labute approximate surface area is 87.0 Å². The molecule has 0 bridgehead atoms. The zero-order valence-corrected chi connectivity index (χ0v) is 8.32. The van der Waals surface area contributed by atoms with E-state index in [2.05, 4.69) is 4.98 Å². The molecule has 2 rings (SSSR count). The fourth-order valence-corrected chi connectivity index (χ4v) is 1.42. The Kier molecular flexibility index (Phi) is 2.29. The lowest BCUT2D eigenvalue weighted by Gasteiger charge is -2.02. The lowest BCUT2D eigenvalue weighted by molar-refractivity contribution is 0.474. The molecule has 2 N–H and O–H groups in total. The van der Waals surface area contributed by atoms with E-state index in [0.717, 1.165) is 17.2 Å². The molecule has 0 saturated carbocycles. The first kappa shape index (κ1) is 9.52. The minimum Gasteiger partial charge on any atom is -0.508 e. The zero-order valence-electron chi connectivity index (χ0n) is 8.32. The molecule has 0 aliphatic rings. The number of hydrogen-bond acceptors (Lipinski definition) is 2. The van der Waals surface area contributed by atoms with Gasteiger partial charge in [0.1, 0.15) is 5.75 Å². The molecule has 0 amide bonds.